The molecule has 0 atom stereocenters. The van der Waals surface area contributed by atoms with E-state index in [9.17, 15) is 14.0 Å². The minimum Gasteiger partial charge on any atom is -0.493 e. The number of halogens is 1. The Labute approximate surface area is 204 Å². The second-order valence-corrected chi connectivity index (χ2v) is 8.92. The van der Waals surface area contributed by atoms with Gasteiger partial charge in [0.15, 0.2) is 23.1 Å². The van der Waals surface area contributed by atoms with Gasteiger partial charge in [0.05, 0.1) is 7.11 Å². The van der Waals surface area contributed by atoms with Crippen LogP contribution in [0.5, 0.6) is 11.5 Å². The highest BCUT2D eigenvalue weighted by Crippen LogP contribution is 2.51. The van der Waals surface area contributed by atoms with Gasteiger partial charge < -0.3 is 14.4 Å². The summed E-state index contributed by atoms with van der Waals surface area (Å²) in [6, 6.07) is 11.7. The van der Waals surface area contributed by atoms with Gasteiger partial charge >= 0.3 is 0 Å². The topological polar surface area (TPSA) is 55.8 Å². The number of hydrogen-bond acceptors (Lipinski definition) is 5. The summed E-state index contributed by atoms with van der Waals surface area (Å²) in [5.74, 6) is 2.72. The van der Waals surface area contributed by atoms with Crippen molar-refractivity contribution in [3.63, 3.8) is 0 Å². The lowest BCUT2D eigenvalue weighted by Gasteiger charge is -2.44. The lowest BCUT2D eigenvalue weighted by atomic mass is 9.71. The number of carbonyl (C=O) groups excluding carboxylic acids is 2. The molecule has 0 saturated heterocycles. The smallest absolute Gasteiger partial charge is 0.162 e. The van der Waals surface area contributed by atoms with Crippen molar-refractivity contribution in [1.29, 1.82) is 0 Å². The van der Waals surface area contributed by atoms with Gasteiger partial charge in [-0.1, -0.05) is 12.0 Å². The Bertz CT molecular complexity index is 1250. The highest BCUT2D eigenvalue weighted by molar-refractivity contribution is 6.07. The summed E-state index contributed by atoms with van der Waals surface area (Å²) < 4.78 is 24.9. The minimum atomic E-state index is -0.479. The molecule has 178 valence electrons. The molecule has 5 nitrogen and oxygen atoms in total. The van der Waals surface area contributed by atoms with Gasteiger partial charge in [-0.3, -0.25) is 9.59 Å². The summed E-state index contributed by atoms with van der Waals surface area (Å²) in [7, 11) is 1.55. The van der Waals surface area contributed by atoms with Gasteiger partial charge in [0.2, 0.25) is 0 Å². The van der Waals surface area contributed by atoms with Crippen molar-refractivity contribution in [3.05, 3.63) is 76.4 Å². The van der Waals surface area contributed by atoms with Crippen LogP contribution < -0.4 is 14.4 Å². The molecule has 35 heavy (non-hydrogen) atoms. The summed E-state index contributed by atoms with van der Waals surface area (Å²) in [5, 5.41) is 0. The van der Waals surface area contributed by atoms with Gasteiger partial charge in [0.1, 0.15) is 12.4 Å². The summed E-state index contributed by atoms with van der Waals surface area (Å²) in [6.07, 6.45) is 9.09. The van der Waals surface area contributed by atoms with Gasteiger partial charge in [0, 0.05) is 47.0 Å². The van der Waals surface area contributed by atoms with E-state index in [1.165, 1.54) is 12.1 Å². The predicted molar refractivity (Wildman–Crippen MR) is 131 cm³/mol. The van der Waals surface area contributed by atoms with E-state index in [4.69, 9.17) is 15.9 Å². The predicted octanol–water partition coefficient (Wildman–Crippen LogP) is 5.46. The SMILES string of the molecule is C#CCOc1ccc(C2C3=C(CCCC3=O)N(c3ccc(F)cc3)C3=C2C(=O)CCC3)cc1OC. The average molecular weight is 472 g/mol. The molecule has 1 heterocycles. The van der Waals surface area contributed by atoms with E-state index >= 15 is 0 Å². The molecule has 2 aromatic carbocycles. The monoisotopic (exact) mass is 471 g/mol. The van der Waals surface area contributed by atoms with E-state index in [0.717, 1.165) is 35.5 Å². The van der Waals surface area contributed by atoms with Crippen LogP contribution in [0.15, 0.2) is 65.0 Å². The first-order valence-corrected chi connectivity index (χ1v) is 11.9. The molecule has 2 aliphatic carbocycles. The maximum Gasteiger partial charge on any atom is 0.162 e. The average Bonchev–Trinajstić information content (AvgIpc) is 2.87. The number of benzene rings is 2. The molecule has 0 spiro atoms. The number of ketones is 2. The van der Waals surface area contributed by atoms with Crippen LogP contribution in [0.3, 0.4) is 0 Å². The van der Waals surface area contributed by atoms with E-state index < -0.39 is 5.92 Å². The van der Waals surface area contributed by atoms with E-state index in [0.29, 0.717) is 48.3 Å². The molecular formula is C29H26FNO4. The summed E-state index contributed by atoms with van der Waals surface area (Å²) in [5.41, 5.74) is 4.67. The zero-order valence-electron chi connectivity index (χ0n) is 19.6. The molecule has 0 N–H and O–H groups in total. The maximum atomic E-state index is 13.7. The number of terminal acetylenes is 1. The quantitative estimate of drug-likeness (QED) is 0.542. The van der Waals surface area contributed by atoms with Crippen molar-refractivity contribution >= 4 is 17.3 Å². The number of nitrogens with zero attached hydrogens (tertiary/aromatic N) is 1. The lowest BCUT2D eigenvalue weighted by molar-refractivity contribution is -0.116. The summed E-state index contributed by atoms with van der Waals surface area (Å²) >= 11 is 0. The van der Waals surface area contributed by atoms with E-state index in [1.807, 2.05) is 17.0 Å². The first-order valence-electron chi connectivity index (χ1n) is 11.9. The molecule has 0 radical (unpaired) electrons. The lowest BCUT2D eigenvalue weighted by Crippen LogP contribution is -2.39. The molecule has 0 saturated carbocycles. The summed E-state index contributed by atoms with van der Waals surface area (Å²) in [4.78, 5) is 28.9. The van der Waals surface area contributed by atoms with Crippen molar-refractivity contribution in [2.75, 3.05) is 18.6 Å². The van der Waals surface area contributed by atoms with Crippen LogP contribution in [0.25, 0.3) is 0 Å². The molecular weight excluding hydrogens is 445 g/mol. The molecule has 5 rings (SSSR count). The number of Topliss-reactive ketones (excluding diaryl/α,β-unsaturated/α-hetero) is 2. The Kier molecular flexibility index (Phi) is 6.17. The fourth-order valence-corrected chi connectivity index (χ4v) is 5.46. The van der Waals surface area contributed by atoms with Crippen molar-refractivity contribution in [2.45, 2.75) is 44.4 Å². The Morgan fingerprint density at radius 2 is 1.57 bits per heavy atom. The van der Waals surface area contributed by atoms with Crippen LogP contribution >= 0.6 is 0 Å². The Morgan fingerprint density at radius 1 is 0.943 bits per heavy atom. The van der Waals surface area contributed by atoms with Crippen LogP contribution in [0.1, 0.15) is 50.0 Å². The van der Waals surface area contributed by atoms with Crippen LogP contribution in [0.2, 0.25) is 0 Å². The van der Waals surface area contributed by atoms with E-state index in [2.05, 4.69) is 5.92 Å². The second kappa shape index (κ2) is 9.42. The van der Waals surface area contributed by atoms with Crippen molar-refractivity contribution in [3.8, 4) is 23.8 Å². The first kappa shape index (κ1) is 22.9. The number of ether oxygens (including phenoxy) is 2. The van der Waals surface area contributed by atoms with Crippen LogP contribution in [0, 0.1) is 18.2 Å². The maximum absolute atomic E-state index is 13.7. The zero-order chi connectivity index (χ0) is 24.5. The summed E-state index contributed by atoms with van der Waals surface area (Å²) in [6.45, 7) is 0.105. The van der Waals surface area contributed by atoms with Crippen molar-refractivity contribution in [1.82, 2.24) is 0 Å². The Balaban J connectivity index is 1.72. The molecule has 0 aromatic heterocycles. The highest BCUT2D eigenvalue weighted by atomic mass is 19.1. The van der Waals surface area contributed by atoms with Gasteiger partial charge in [-0.25, -0.2) is 4.39 Å². The van der Waals surface area contributed by atoms with Gasteiger partial charge in [-0.2, -0.15) is 0 Å². The standard InChI is InChI=1S/C29H26FNO4/c1-3-16-35-25-15-10-18(17-26(25)34-2)27-28-21(6-4-8-23(28)32)31(20-13-11-19(30)12-14-20)22-7-5-9-24(33)29(22)27/h1,10-15,17,27H,4-9,16H2,2H3. The molecule has 0 amide bonds. The minimum absolute atomic E-state index is 0.0416. The van der Waals surface area contributed by atoms with E-state index in [-0.39, 0.29) is 24.0 Å². The number of anilines is 1. The largest absolute Gasteiger partial charge is 0.493 e. The Hall–Kier alpha value is -3.85. The molecule has 6 heteroatoms. The van der Waals surface area contributed by atoms with Crippen molar-refractivity contribution in [2.24, 2.45) is 0 Å². The van der Waals surface area contributed by atoms with Gasteiger partial charge in [-0.05, 0) is 67.6 Å². The zero-order valence-corrected chi connectivity index (χ0v) is 19.6. The van der Waals surface area contributed by atoms with E-state index in [1.54, 1.807) is 25.3 Å². The van der Waals surface area contributed by atoms with Gasteiger partial charge in [-0.15, -0.1) is 6.42 Å². The number of carbonyl (C=O) groups is 2. The number of hydrogen-bond donors (Lipinski definition) is 0. The second-order valence-electron chi connectivity index (χ2n) is 8.92. The van der Waals surface area contributed by atoms with Crippen LogP contribution in [0.4, 0.5) is 10.1 Å². The molecule has 2 aromatic rings. The molecule has 0 unspecified atom stereocenters. The van der Waals surface area contributed by atoms with Crippen LogP contribution in [-0.2, 0) is 9.59 Å². The number of rotatable bonds is 5. The first-order chi connectivity index (χ1) is 17.0. The molecule has 1 aliphatic heterocycles. The molecule has 3 aliphatic rings. The molecule has 0 bridgehead atoms. The third kappa shape index (κ3) is 4.01. The molecule has 0 fully saturated rings. The third-order valence-electron chi connectivity index (χ3n) is 6.89. The van der Waals surface area contributed by atoms with Gasteiger partial charge in [0.25, 0.3) is 0 Å². The number of methoxy groups -OCH3 is 1. The highest BCUT2D eigenvalue weighted by Gasteiger charge is 2.43. The fraction of sp³-hybridized carbons (Fsp3) is 0.310. The number of allylic oxidation sites excluding steroid dienone is 4. The fourth-order valence-electron chi connectivity index (χ4n) is 5.46. The van der Waals surface area contributed by atoms with Crippen molar-refractivity contribution < 1.29 is 23.5 Å². The third-order valence-corrected chi connectivity index (χ3v) is 6.89. The van der Waals surface area contributed by atoms with Crippen LogP contribution in [-0.4, -0.2) is 25.3 Å². The Morgan fingerprint density at radius 3 is 2.14 bits per heavy atom. The normalized spacial score (nSPS) is 18.3.